The highest BCUT2D eigenvalue weighted by Gasteiger charge is 2.21. The molecule has 4 nitrogen and oxygen atoms in total. The minimum atomic E-state index is 0.516. The number of aryl methyl sites for hydroxylation is 1. The van der Waals surface area contributed by atoms with E-state index in [1.54, 1.807) is 0 Å². The van der Waals surface area contributed by atoms with Crippen molar-refractivity contribution in [2.45, 2.75) is 32.9 Å². The minimum Gasteiger partial charge on any atom is -0.381 e. The molecular weight excluding hydrogens is 202 g/mol. The van der Waals surface area contributed by atoms with Crippen molar-refractivity contribution in [3.8, 4) is 0 Å². The summed E-state index contributed by atoms with van der Waals surface area (Å²) in [4.78, 5) is 0. The molecule has 1 aromatic heterocycles. The minimum absolute atomic E-state index is 0.516. The van der Waals surface area contributed by atoms with Gasteiger partial charge in [0.2, 0.25) is 0 Å². The fraction of sp³-hybridized carbons (Fsp3) is 0.750. The van der Waals surface area contributed by atoms with Gasteiger partial charge in [-0.15, -0.1) is 0 Å². The van der Waals surface area contributed by atoms with E-state index in [2.05, 4.69) is 24.3 Å². The number of aromatic nitrogens is 2. The van der Waals surface area contributed by atoms with Gasteiger partial charge in [-0.1, -0.05) is 0 Å². The molecule has 1 saturated heterocycles. The third-order valence-electron chi connectivity index (χ3n) is 3.62. The summed E-state index contributed by atoms with van der Waals surface area (Å²) in [5.41, 5.74) is 2.52. The van der Waals surface area contributed by atoms with E-state index >= 15 is 0 Å². The van der Waals surface area contributed by atoms with Gasteiger partial charge in [-0.3, -0.25) is 4.68 Å². The first-order chi connectivity index (χ1) is 7.68. The molecule has 1 aliphatic rings. The second kappa shape index (κ2) is 4.97. The van der Waals surface area contributed by atoms with Gasteiger partial charge in [0.05, 0.1) is 12.8 Å². The standard InChI is InChI=1S/C12H21N3O/c1-9(11-4-5-16-8-11)13-6-12-7-14-15(3)10(12)2/h7,9,11,13H,4-6,8H2,1-3H3. The monoisotopic (exact) mass is 223 g/mol. The molecule has 2 heterocycles. The molecule has 1 N–H and O–H groups in total. The van der Waals surface area contributed by atoms with E-state index in [1.807, 2.05) is 17.9 Å². The van der Waals surface area contributed by atoms with Gasteiger partial charge in [-0.25, -0.2) is 0 Å². The van der Waals surface area contributed by atoms with Gasteiger partial charge < -0.3 is 10.1 Å². The Morgan fingerprint density at radius 3 is 3.06 bits per heavy atom. The highest BCUT2D eigenvalue weighted by molar-refractivity contribution is 5.15. The molecule has 0 amide bonds. The molecule has 2 atom stereocenters. The molecule has 1 aliphatic heterocycles. The third kappa shape index (κ3) is 2.44. The van der Waals surface area contributed by atoms with E-state index in [1.165, 1.54) is 17.7 Å². The average molecular weight is 223 g/mol. The van der Waals surface area contributed by atoms with Gasteiger partial charge >= 0.3 is 0 Å². The van der Waals surface area contributed by atoms with Gasteiger partial charge in [0.15, 0.2) is 0 Å². The zero-order valence-corrected chi connectivity index (χ0v) is 10.4. The van der Waals surface area contributed by atoms with Gasteiger partial charge in [-0.2, -0.15) is 5.10 Å². The lowest BCUT2D eigenvalue weighted by atomic mass is 10.0. The molecule has 2 unspecified atom stereocenters. The van der Waals surface area contributed by atoms with Crippen LogP contribution in [-0.2, 0) is 18.3 Å². The van der Waals surface area contributed by atoms with E-state index < -0.39 is 0 Å². The van der Waals surface area contributed by atoms with Crippen molar-refractivity contribution < 1.29 is 4.74 Å². The van der Waals surface area contributed by atoms with Crippen LogP contribution in [0.5, 0.6) is 0 Å². The van der Waals surface area contributed by atoms with Crippen molar-refractivity contribution in [2.24, 2.45) is 13.0 Å². The van der Waals surface area contributed by atoms with Crippen LogP contribution in [0.25, 0.3) is 0 Å². The van der Waals surface area contributed by atoms with Crippen molar-refractivity contribution in [1.82, 2.24) is 15.1 Å². The summed E-state index contributed by atoms with van der Waals surface area (Å²) in [6.45, 7) is 7.07. The van der Waals surface area contributed by atoms with Crippen molar-refractivity contribution in [3.05, 3.63) is 17.5 Å². The van der Waals surface area contributed by atoms with E-state index in [0.29, 0.717) is 12.0 Å². The van der Waals surface area contributed by atoms with E-state index in [9.17, 15) is 0 Å². The number of nitrogens with zero attached hydrogens (tertiary/aromatic N) is 2. The van der Waals surface area contributed by atoms with E-state index in [4.69, 9.17) is 4.74 Å². The molecule has 1 aromatic rings. The van der Waals surface area contributed by atoms with Crippen LogP contribution in [-0.4, -0.2) is 29.0 Å². The maximum atomic E-state index is 5.40. The van der Waals surface area contributed by atoms with Crippen LogP contribution in [0.1, 0.15) is 24.6 Å². The average Bonchev–Trinajstić information content (AvgIpc) is 2.89. The zero-order chi connectivity index (χ0) is 11.5. The first-order valence-electron chi connectivity index (χ1n) is 5.97. The fourth-order valence-corrected chi connectivity index (χ4v) is 2.10. The van der Waals surface area contributed by atoms with Crippen LogP contribution in [0.2, 0.25) is 0 Å². The maximum absolute atomic E-state index is 5.40. The number of nitrogens with one attached hydrogen (secondary N) is 1. The molecule has 0 saturated carbocycles. The molecule has 0 bridgehead atoms. The molecule has 0 radical (unpaired) electrons. The third-order valence-corrected chi connectivity index (χ3v) is 3.62. The molecule has 0 spiro atoms. The highest BCUT2D eigenvalue weighted by atomic mass is 16.5. The van der Waals surface area contributed by atoms with Crippen LogP contribution in [0, 0.1) is 12.8 Å². The highest BCUT2D eigenvalue weighted by Crippen LogP contribution is 2.17. The lowest BCUT2D eigenvalue weighted by molar-refractivity contribution is 0.178. The second-order valence-electron chi connectivity index (χ2n) is 4.67. The Morgan fingerprint density at radius 1 is 1.69 bits per heavy atom. The summed E-state index contributed by atoms with van der Waals surface area (Å²) in [7, 11) is 1.98. The van der Waals surface area contributed by atoms with E-state index in [0.717, 1.165) is 19.8 Å². The summed E-state index contributed by atoms with van der Waals surface area (Å²) < 4.78 is 7.32. The van der Waals surface area contributed by atoms with Crippen LogP contribution in [0.15, 0.2) is 6.20 Å². The zero-order valence-electron chi connectivity index (χ0n) is 10.4. The van der Waals surface area contributed by atoms with Crippen molar-refractivity contribution in [3.63, 3.8) is 0 Å². The first kappa shape index (κ1) is 11.6. The summed E-state index contributed by atoms with van der Waals surface area (Å²) in [5, 5.41) is 7.81. The molecule has 2 rings (SSSR count). The molecular formula is C12H21N3O. The predicted molar refractivity (Wildman–Crippen MR) is 63.2 cm³/mol. The largest absolute Gasteiger partial charge is 0.381 e. The molecule has 16 heavy (non-hydrogen) atoms. The molecule has 0 aliphatic carbocycles. The number of rotatable bonds is 4. The normalized spacial score (nSPS) is 22.6. The van der Waals surface area contributed by atoms with Crippen molar-refractivity contribution in [1.29, 1.82) is 0 Å². The maximum Gasteiger partial charge on any atom is 0.0537 e. The Bertz CT molecular complexity index is 342. The summed E-state index contributed by atoms with van der Waals surface area (Å²) in [6.07, 6.45) is 3.13. The van der Waals surface area contributed by atoms with Crippen LogP contribution < -0.4 is 5.32 Å². The smallest absolute Gasteiger partial charge is 0.0537 e. The molecule has 0 aromatic carbocycles. The first-order valence-corrected chi connectivity index (χ1v) is 5.97. The van der Waals surface area contributed by atoms with Crippen molar-refractivity contribution in [2.75, 3.05) is 13.2 Å². The summed E-state index contributed by atoms with van der Waals surface area (Å²) in [6, 6.07) is 0.516. The van der Waals surface area contributed by atoms with Gasteiger partial charge in [0.25, 0.3) is 0 Å². The topological polar surface area (TPSA) is 39.1 Å². The molecule has 4 heteroatoms. The lowest BCUT2D eigenvalue weighted by Gasteiger charge is -2.19. The van der Waals surface area contributed by atoms with Crippen LogP contribution >= 0.6 is 0 Å². The van der Waals surface area contributed by atoms with Gasteiger partial charge in [0.1, 0.15) is 0 Å². The SMILES string of the molecule is Cc1c(CNC(C)C2CCOC2)cnn1C. The Kier molecular flexibility index (Phi) is 3.61. The Hall–Kier alpha value is -0.870. The predicted octanol–water partition coefficient (Wildman–Crippen LogP) is 1.24. The second-order valence-corrected chi connectivity index (χ2v) is 4.67. The molecule has 90 valence electrons. The number of hydrogen-bond acceptors (Lipinski definition) is 3. The summed E-state index contributed by atoms with van der Waals surface area (Å²) in [5.74, 6) is 0.664. The fourth-order valence-electron chi connectivity index (χ4n) is 2.10. The van der Waals surface area contributed by atoms with Crippen LogP contribution in [0.4, 0.5) is 0 Å². The Morgan fingerprint density at radius 2 is 2.50 bits per heavy atom. The number of hydrogen-bond donors (Lipinski definition) is 1. The quantitative estimate of drug-likeness (QED) is 0.835. The summed E-state index contributed by atoms with van der Waals surface area (Å²) >= 11 is 0. The molecule has 1 fully saturated rings. The Labute approximate surface area is 97.0 Å². The number of ether oxygens (including phenoxy) is 1. The lowest BCUT2D eigenvalue weighted by Crippen LogP contribution is -2.33. The van der Waals surface area contributed by atoms with Crippen LogP contribution in [0.3, 0.4) is 0 Å². The Balaban J connectivity index is 1.84. The van der Waals surface area contributed by atoms with Gasteiger partial charge in [-0.05, 0) is 26.2 Å². The van der Waals surface area contributed by atoms with E-state index in [-0.39, 0.29) is 0 Å². The van der Waals surface area contributed by atoms with Crippen molar-refractivity contribution >= 4 is 0 Å². The van der Waals surface area contributed by atoms with Gasteiger partial charge in [0, 0.05) is 37.5 Å².